The number of carbonyl (C=O) groups excluding carboxylic acids is 1. The van der Waals surface area contributed by atoms with Crippen molar-refractivity contribution in [1.82, 2.24) is 21.1 Å². The summed E-state index contributed by atoms with van der Waals surface area (Å²) in [4.78, 5) is 14.3. The summed E-state index contributed by atoms with van der Waals surface area (Å²) in [5.41, 5.74) is 7.26. The largest absolute Gasteiger partial charge is 0.342 e. The predicted molar refractivity (Wildman–Crippen MR) is 75.4 cm³/mol. The Kier molecular flexibility index (Phi) is 4.90. The first-order chi connectivity index (χ1) is 9.22. The van der Waals surface area contributed by atoms with E-state index in [0.29, 0.717) is 6.04 Å². The summed E-state index contributed by atoms with van der Waals surface area (Å²) in [6.07, 6.45) is 1.05. The summed E-state index contributed by atoms with van der Waals surface area (Å²) in [6, 6.07) is 9.87. The van der Waals surface area contributed by atoms with Crippen LogP contribution in [0.5, 0.6) is 0 Å². The van der Waals surface area contributed by atoms with Crippen molar-refractivity contribution >= 4 is 5.91 Å². The molecule has 2 atom stereocenters. The van der Waals surface area contributed by atoms with E-state index in [4.69, 9.17) is 0 Å². The molecule has 0 radical (unpaired) electrons. The number of hydrazine groups is 1. The van der Waals surface area contributed by atoms with Crippen molar-refractivity contribution < 1.29 is 4.79 Å². The molecule has 0 spiro atoms. The number of hydrogen-bond acceptors (Lipinski definition) is 4. The average molecular weight is 262 g/mol. The average Bonchev–Trinajstić information content (AvgIpc) is 2.93. The molecular weight excluding hydrogens is 240 g/mol. The lowest BCUT2D eigenvalue weighted by Gasteiger charge is -2.26. The fourth-order valence-electron chi connectivity index (χ4n) is 2.39. The predicted octanol–water partition coefficient (Wildman–Crippen LogP) is 0.272. The van der Waals surface area contributed by atoms with Crippen molar-refractivity contribution in [2.75, 3.05) is 27.2 Å². The van der Waals surface area contributed by atoms with Gasteiger partial charge in [-0.25, -0.2) is 0 Å². The van der Waals surface area contributed by atoms with Crippen molar-refractivity contribution in [1.29, 1.82) is 0 Å². The minimum absolute atomic E-state index is 0.0994. The summed E-state index contributed by atoms with van der Waals surface area (Å²) in [7, 11) is 3.67. The van der Waals surface area contributed by atoms with Crippen LogP contribution < -0.4 is 16.2 Å². The third kappa shape index (κ3) is 3.53. The summed E-state index contributed by atoms with van der Waals surface area (Å²) in [5, 5.41) is 3.10. The SMILES string of the molecule is CNC(C(=O)N(C)CC1CCNN1)c1ccccc1. The molecule has 1 heterocycles. The van der Waals surface area contributed by atoms with E-state index in [1.807, 2.05) is 44.4 Å². The van der Waals surface area contributed by atoms with E-state index in [9.17, 15) is 4.79 Å². The quantitative estimate of drug-likeness (QED) is 0.713. The molecule has 5 nitrogen and oxygen atoms in total. The third-order valence-electron chi connectivity index (χ3n) is 3.46. The molecule has 1 amide bonds. The number of nitrogens with zero attached hydrogens (tertiary/aromatic N) is 1. The number of rotatable bonds is 5. The summed E-state index contributed by atoms with van der Waals surface area (Å²) in [6.45, 7) is 1.68. The Morgan fingerprint density at radius 2 is 2.21 bits per heavy atom. The third-order valence-corrected chi connectivity index (χ3v) is 3.46. The molecule has 2 unspecified atom stereocenters. The van der Waals surface area contributed by atoms with Crippen LogP contribution in [0, 0.1) is 0 Å². The van der Waals surface area contributed by atoms with Gasteiger partial charge >= 0.3 is 0 Å². The van der Waals surface area contributed by atoms with Crippen molar-refractivity contribution in [3.05, 3.63) is 35.9 Å². The first kappa shape index (κ1) is 14.0. The van der Waals surface area contributed by atoms with Crippen LogP contribution in [0.4, 0.5) is 0 Å². The van der Waals surface area contributed by atoms with E-state index >= 15 is 0 Å². The second-order valence-corrected chi connectivity index (χ2v) is 4.91. The van der Waals surface area contributed by atoms with Gasteiger partial charge in [0.2, 0.25) is 5.91 Å². The highest BCUT2D eigenvalue weighted by atomic mass is 16.2. The number of hydrogen-bond donors (Lipinski definition) is 3. The Morgan fingerprint density at radius 1 is 1.47 bits per heavy atom. The van der Waals surface area contributed by atoms with Gasteiger partial charge in [0, 0.05) is 26.2 Å². The minimum atomic E-state index is -0.277. The van der Waals surface area contributed by atoms with Gasteiger partial charge < -0.3 is 10.2 Å². The summed E-state index contributed by atoms with van der Waals surface area (Å²) >= 11 is 0. The van der Waals surface area contributed by atoms with Crippen LogP contribution in [0.3, 0.4) is 0 Å². The van der Waals surface area contributed by atoms with Gasteiger partial charge in [-0.05, 0) is 19.0 Å². The number of likely N-dealkylation sites (N-methyl/N-ethyl adjacent to an activating group) is 2. The lowest BCUT2D eigenvalue weighted by Crippen LogP contribution is -2.44. The standard InChI is InChI=1S/C14H22N4O/c1-15-13(11-6-4-3-5-7-11)14(19)18(2)10-12-8-9-16-17-12/h3-7,12-13,15-17H,8-10H2,1-2H3. The summed E-state index contributed by atoms with van der Waals surface area (Å²) < 4.78 is 0. The Bertz CT molecular complexity index is 403. The molecule has 1 saturated heterocycles. The molecule has 3 N–H and O–H groups in total. The van der Waals surface area contributed by atoms with E-state index < -0.39 is 0 Å². The van der Waals surface area contributed by atoms with Gasteiger partial charge in [-0.15, -0.1) is 0 Å². The number of carbonyl (C=O) groups is 1. The second-order valence-electron chi connectivity index (χ2n) is 4.91. The first-order valence-electron chi connectivity index (χ1n) is 6.68. The lowest BCUT2D eigenvalue weighted by molar-refractivity contribution is -0.132. The minimum Gasteiger partial charge on any atom is -0.342 e. The highest BCUT2D eigenvalue weighted by molar-refractivity contribution is 5.83. The zero-order valence-electron chi connectivity index (χ0n) is 11.5. The van der Waals surface area contributed by atoms with Crippen LogP contribution in [-0.2, 0) is 4.79 Å². The van der Waals surface area contributed by atoms with Crippen LogP contribution in [-0.4, -0.2) is 44.0 Å². The number of nitrogens with one attached hydrogen (secondary N) is 3. The molecule has 19 heavy (non-hydrogen) atoms. The van der Waals surface area contributed by atoms with Crippen LogP contribution in [0.2, 0.25) is 0 Å². The first-order valence-corrected chi connectivity index (χ1v) is 6.68. The van der Waals surface area contributed by atoms with Gasteiger partial charge in [-0.3, -0.25) is 15.6 Å². The Labute approximate surface area is 114 Å². The number of benzene rings is 1. The van der Waals surface area contributed by atoms with Gasteiger partial charge in [0.1, 0.15) is 6.04 Å². The smallest absolute Gasteiger partial charge is 0.244 e. The monoisotopic (exact) mass is 262 g/mol. The number of amides is 1. The van der Waals surface area contributed by atoms with Crippen LogP contribution >= 0.6 is 0 Å². The van der Waals surface area contributed by atoms with Gasteiger partial charge in [-0.1, -0.05) is 30.3 Å². The Hall–Kier alpha value is -1.43. The fourth-order valence-corrected chi connectivity index (χ4v) is 2.39. The van der Waals surface area contributed by atoms with Gasteiger partial charge in [0.05, 0.1) is 0 Å². The van der Waals surface area contributed by atoms with E-state index in [1.54, 1.807) is 4.90 Å². The lowest BCUT2D eigenvalue weighted by atomic mass is 10.1. The fraction of sp³-hybridized carbons (Fsp3) is 0.500. The molecule has 0 saturated carbocycles. The maximum Gasteiger partial charge on any atom is 0.244 e. The van der Waals surface area contributed by atoms with E-state index in [-0.39, 0.29) is 11.9 Å². The van der Waals surface area contributed by atoms with Crippen LogP contribution in [0.1, 0.15) is 18.0 Å². The highest BCUT2D eigenvalue weighted by Gasteiger charge is 2.24. The van der Waals surface area contributed by atoms with Gasteiger partial charge in [0.25, 0.3) is 0 Å². The van der Waals surface area contributed by atoms with E-state index in [2.05, 4.69) is 16.2 Å². The molecule has 0 aliphatic carbocycles. The zero-order valence-corrected chi connectivity index (χ0v) is 11.5. The molecule has 0 bridgehead atoms. The highest BCUT2D eigenvalue weighted by Crippen LogP contribution is 2.15. The second kappa shape index (κ2) is 6.65. The molecule has 2 rings (SSSR count). The maximum absolute atomic E-state index is 12.5. The van der Waals surface area contributed by atoms with E-state index in [1.165, 1.54) is 0 Å². The molecule has 1 aromatic carbocycles. The molecule has 1 aliphatic rings. The van der Waals surface area contributed by atoms with Crippen molar-refractivity contribution in [3.63, 3.8) is 0 Å². The maximum atomic E-state index is 12.5. The Morgan fingerprint density at radius 3 is 2.79 bits per heavy atom. The Balaban J connectivity index is 1.99. The molecule has 104 valence electrons. The molecular formula is C14H22N4O. The molecule has 0 aromatic heterocycles. The van der Waals surface area contributed by atoms with E-state index in [0.717, 1.165) is 25.1 Å². The van der Waals surface area contributed by atoms with Gasteiger partial charge in [0.15, 0.2) is 0 Å². The molecule has 5 heteroatoms. The molecule has 1 fully saturated rings. The topological polar surface area (TPSA) is 56.4 Å². The zero-order chi connectivity index (χ0) is 13.7. The normalized spacial score (nSPS) is 20.2. The van der Waals surface area contributed by atoms with Crippen LogP contribution in [0.15, 0.2) is 30.3 Å². The van der Waals surface area contributed by atoms with Crippen LogP contribution in [0.25, 0.3) is 0 Å². The molecule has 1 aliphatic heterocycles. The molecule has 1 aromatic rings. The summed E-state index contributed by atoms with van der Waals surface area (Å²) in [5.74, 6) is 0.0994. The van der Waals surface area contributed by atoms with Crippen molar-refractivity contribution in [2.45, 2.75) is 18.5 Å². The van der Waals surface area contributed by atoms with Crippen molar-refractivity contribution in [2.24, 2.45) is 0 Å². The van der Waals surface area contributed by atoms with Crippen molar-refractivity contribution in [3.8, 4) is 0 Å². The van der Waals surface area contributed by atoms with Gasteiger partial charge in [-0.2, -0.15) is 0 Å².